The van der Waals surface area contributed by atoms with Crippen LogP contribution in [0.3, 0.4) is 0 Å². The van der Waals surface area contributed by atoms with Crippen molar-refractivity contribution in [2.24, 2.45) is 5.92 Å². The van der Waals surface area contributed by atoms with Gasteiger partial charge in [0, 0.05) is 29.3 Å². The average Bonchev–Trinajstić information content (AvgIpc) is 2.88. The number of fused-ring (bicyclic) bond motifs is 3. The lowest BCUT2D eigenvalue weighted by Gasteiger charge is -2.53. The molecule has 0 radical (unpaired) electrons. The molecule has 36 heavy (non-hydrogen) atoms. The van der Waals surface area contributed by atoms with Crippen LogP contribution in [0.2, 0.25) is 0 Å². The van der Waals surface area contributed by atoms with Crippen molar-refractivity contribution in [2.45, 2.75) is 62.4 Å². The van der Waals surface area contributed by atoms with E-state index >= 15 is 0 Å². The van der Waals surface area contributed by atoms with Crippen molar-refractivity contribution >= 4 is 35.2 Å². The Kier molecular flexibility index (Phi) is 6.90. The van der Waals surface area contributed by atoms with Gasteiger partial charge in [-0.2, -0.15) is 0 Å². The first-order valence-electron chi connectivity index (χ1n) is 12.4. The van der Waals surface area contributed by atoms with Crippen LogP contribution in [0, 0.1) is 5.92 Å². The largest absolute Gasteiger partial charge is 0.469 e. The second-order valence-corrected chi connectivity index (χ2v) is 10.5. The van der Waals surface area contributed by atoms with E-state index in [0.717, 1.165) is 56.1 Å². The molecule has 2 saturated carbocycles. The van der Waals surface area contributed by atoms with Crippen LogP contribution >= 0.6 is 12.2 Å². The first-order valence-corrected chi connectivity index (χ1v) is 12.8. The van der Waals surface area contributed by atoms with Crippen LogP contribution in [0.5, 0.6) is 0 Å². The monoisotopic (exact) mass is 509 g/mol. The van der Waals surface area contributed by atoms with E-state index in [1.807, 2.05) is 0 Å². The quantitative estimate of drug-likeness (QED) is 0.306. The highest BCUT2D eigenvalue weighted by atomic mass is 32.1. The fraction of sp³-hybridized carbons (Fsp3) is 0.500. The van der Waals surface area contributed by atoms with E-state index in [1.54, 1.807) is 12.4 Å². The third-order valence-corrected chi connectivity index (χ3v) is 8.15. The number of amides is 1. The molecule has 2 bridgehead atoms. The summed E-state index contributed by atoms with van der Waals surface area (Å²) in [4.78, 5) is 32.4. The minimum Gasteiger partial charge on any atom is -0.469 e. The lowest BCUT2D eigenvalue weighted by molar-refractivity contribution is -0.176. The van der Waals surface area contributed by atoms with Gasteiger partial charge in [-0.1, -0.05) is 30.7 Å². The predicted octanol–water partition coefficient (Wildman–Crippen LogP) is 3.41. The number of carbonyl (C=O) groups is 2. The maximum absolute atomic E-state index is 11.9. The SMILES string of the molecule is COC(=O)CC12CCC(c3ccc(-c4cnc(NC(=S)NNC(=O)C5CCC5)nc4)cc3)(CC1)CO2. The van der Waals surface area contributed by atoms with Crippen LogP contribution in [0.15, 0.2) is 36.7 Å². The smallest absolute Gasteiger partial charge is 0.308 e. The predicted molar refractivity (Wildman–Crippen MR) is 138 cm³/mol. The molecule has 2 aliphatic carbocycles. The maximum Gasteiger partial charge on any atom is 0.308 e. The van der Waals surface area contributed by atoms with E-state index in [0.29, 0.717) is 19.0 Å². The summed E-state index contributed by atoms with van der Waals surface area (Å²) in [6, 6.07) is 8.49. The third-order valence-electron chi connectivity index (χ3n) is 7.95. The maximum atomic E-state index is 11.9. The normalized spacial score (nSPS) is 24.9. The van der Waals surface area contributed by atoms with E-state index < -0.39 is 0 Å². The highest BCUT2D eigenvalue weighted by Crippen LogP contribution is 2.51. The van der Waals surface area contributed by atoms with Gasteiger partial charge in [0.2, 0.25) is 11.9 Å². The van der Waals surface area contributed by atoms with Crippen LogP contribution in [0.25, 0.3) is 11.1 Å². The molecule has 1 amide bonds. The number of aromatic nitrogens is 2. The molecule has 6 rings (SSSR count). The van der Waals surface area contributed by atoms with Crippen molar-refractivity contribution in [1.82, 2.24) is 20.8 Å². The van der Waals surface area contributed by atoms with Crippen molar-refractivity contribution in [3.8, 4) is 11.1 Å². The number of nitrogens with zero attached hydrogens (tertiary/aromatic N) is 2. The van der Waals surface area contributed by atoms with Gasteiger partial charge in [0.1, 0.15) is 0 Å². The number of ether oxygens (including phenoxy) is 2. The van der Waals surface area contributed by atoms with E-state index in [2.05, 4.69) is 50.4 Å². The number of hydrazine groups is 1. The molecule has 3 N–H and O–H groups in total. The van der Waals surface area contributed by atoms with Gasteiger partial charge in [0.25, 0.3) is 0 Å². The van der Waals surface area contributed by atoms with Gasteiger partial charge in [0.05, 0.1) is 25.7 Å². The molecule has 1 aromatic carbocycles. The summed E-state index contributed by atoms with van der Waals surface area (Å²) in [7, 11) is 1.43. The zero-order valence-corrected chi connectivity index (χ0v) is 21.2. The Balaban J connectivity index is 1.16. The van der Waals surface area contributed by atoms with Gasteiger partial charge in [-0.3, -0.25) is 25.8 Å². The van der Waals surface area contributed by atoms with Crippen LogP contribution < -0.4 is 16.2 Å². The molecular formula is C26H31N5O4S. The lowest BCUT2D eigenvalue weighted by atomic mass is 9.62. The van der Waals surface area contributed by atoms with Crippen molar-refractivity contribution < 1.29 is 19.1 Å². The Morgan fingerprint density at radius 1 is 1.06 bits per heavy atom. The van der Waals surface area contributed by atoms with E-state index in [4.69, 9.17) is 21.7 Å². The van der Waals surface area contributed by atoms with E-state index in [-0.39, 0.29) is 33.9 Å². The summed E-state index contributed by atoms with van der Waals surface area (Å²) in [6.45, 7) is 0.627. The van der Waals surface area contributed by atoms with Crippen LogP contribution in [-0.2, 0) is 24.5 Å². The highest BCUT2D eigenvalue weighted by molar-refractivity contribution is 7.80. The topological polar surface area (TPSA) is 114 Å². The zero-order valence-electron chi connectivity index (χ0n) is 20.3. The molecule has 0 unspecified atom stereocenters. The van der Waals surface area contributed by atoms with Gasteiger partial charge in [-0.15, -0.1) is 0 Å². The number of thiocarbonyl (C=S) groups is 1. The molecule has 2 aliphatic heterocycles. The molecule has 0 spiro atoms. The van der Waals surface area contributed by atoms with Crippen molar-refractivity contribution in [1.29, 1.82) is 0 Å². The zero-order chi connectivity index (χ0) is 25.2. The number of benzene rings is 1. The molecule has 0 atom stereocenters. The molecule has 4 aliphatic rings. The van der Waals surface area contributed by atoms with Gasteiger partial charge >= 0.3 is 5.97 Å². The summed E-state index contributed by atoms with van der Waals surface area (Å²) < 4.78 is 11.1. The van der Waals surface area contributed by atoms with Crippen molar-refractivity contribution in [3.05, 3.63) is 42.2 Å². The Labute approximate surface area is 215 Å². The summed E-state index contributed by atoms with van der Waals surface area (Å²) >= 11 is 5.21. The molecule has 2 aromatic rings. The third kappa shape index (κ3) is 5.05. The molecule has 9 nitrogen and oxygen atoms in total. The Morgan fingerprint density at radius 2 is 1.75 bits per heavy atom. The first-order chi connectivity index (χ1) is 17.4. The molecule has 3 heterocycles. The lowest BCUT2D eigenvalue weighted by Crippen LogP contribution is -2.54. The van der Waals surface area contributed by atoms with Crippen LogP contribution in [-0.4, -0.2) is 46.3 Å². The molecule has 190 valence electrons. The Hall–Kier alpha value is -3.11. The molecule has 1 aromatic heterocycles. The summed E-state index contributed by atoms with van der Waals surface area (Å²) in [5.41, 5.74) is 8.13. The number of hydrogen-bond donors (Lipinski definition) is 3. The van der Waals surface area contributed by atoms with Gasteiger partial charge in [0.15, 0.2) is 5.11 Å². The van der Waals surface area contributed by atoms with Gasteiger partial charge < -0.3 is 9.47 Å². The number of hydrogen-bond acceptors (Lipinski definition) is 7. The molecule has 4 fully saturated rings. The Bertz CT molecular complexity index is 1110. The second kappa shape index (κ2) is 10.1. The summed E-state index contributed by atoms with van der Waals surface area (Å²) in [5, 5.41) is 3.11. The van der Waals surface area contributed by atoms with E-state index in [9.17, 15) is 9.59 Å². The van der Waals surface area contributed by atoms with Crippen LogP contribution in [0.1, 0.15) is 56.9 Å². The molecular weight excluding hydrogens is 478 g/mol. The number of rotatable bonds is 6. The van der Waals surface area contributed by atoms with Gasteiger partial charge in [-0.05, 0) is 61.9 Å². The molecule has 10 heteroatoms. The number of carbonyl (C=O) groups excluding carboxylic acids is 2. The Morgan fingerprint density at radius 3 is 2.31 bits per heavy atom. The minimum absolute atomic E-state index is 0.00255. The number of nitrogens with one attached hydrogen (secondary N) is 3. The average molecular weight is 510 g/mol. The minimum atomic E-state index is -0.359. The van der Waals surface area contributed by atoms with Crippen molar-refractivity contribution in [3.63, 3.8) is 0 Å². The standard InChI is InChI=1S/C26H31N5O4S/c1-34-21(32)13-26-11-9-25(10-12-26,16-35-26)20-7-5-17(6-8-20)19-14-27-23(28-15-19)29-24(36)31-30-22(33)18-3-2-4-18/h5-8,14-15,18H,2-4,9-13,16H2,1H3,(H,30,33)(H2,27,28,29,31,36). The number of methoxy groups -OCH3 is 1. The first kappa shape index (κ1) is 24.6. The van der Waals surface area contributed by atoms with Gasteiger partial charge in [-0.25, -0.2) is 9.97 Å². The van der Waals surface area contributed by atoms with Crippen molar-refractivity contribution in [2.75, 3.05) is 19.0 Å². The number of esters is 1. The summed E-state index contributed by atoms with van der Waals surface area (Å²) in [6.07, 6.45) is 10.5. The second-order valence-electron chi connectivity index (χ2n) is 10.1. The summed E-state index contributed by atoms with van der Waals surface area (Å²) in [5.74, 6) is 0.177. The fourth-order valence-corrected chi connectivity index (χ4v) is 5.42. The fourth-order valence-electron chi connectivity index (χ4n) is 5.28. The molecule has 2 saturated heterocycles. The highest BCUT2D eigenvalue weighted by Gasteiger charge is 2.51. The van der Waals surface area contributed by atoms with Crippen LogP contribution in [0.4, 0.5) is 5.95 Å². The number of anilines is 1. The van der Waals surface area contributed by atoms with E-state index in [1.165, 1.54) is 12.7 Å².